The van der Waals surface area contributed by atoms with Gasteiger partial charge in [0.1, 0.15) is 23.7 Å². The number of aliphatic hydroxyl groups excluding tert-OH is 2. The standard InChI is InChI=1S/C22H33FO5/c1-12-8-16-15-5-4-13-9-14(25)6-7-19(13,2)21(15,23)17(26)10-20(16,3)22(12,28)18(27)11-24/h12-13,15-17,24,26,28H,4-11H2,1-3H3/t12-,13?,15?,16?,17-,19-,20-,21-,22-/m0/s1. The number of Topliss-reactive ketones (excluding diaryl/α,β-unsaturated/α-hetero) is 2. The second-order valence-electron chi connectivity index (χ2n) is 10.5. The van der Waals surface area contributed by atoms with Crippen LogP contribution in [-0.4, -0.2) is 50.9 Å². The summed E-state index contributed by atoms with van der Waals surface area (Å²) in [5, 5.41) is 32.1. The van der Waals surface area contributed by atoms with Crippen LogP contribution in [0.3, 0.4) is 0 Å². The lowest BCUT2D eigenvalue weighted by Crippen LogP contribution is -2.71. The first kappa shape index (κ1) is 20.4. The molecule has 0 bridgehead atoms. The Morgan fingerprint density at radius 3 is 2.54 bits per heavy atom. The molecule has 0 aromatic heterocycles. The summed E-state index contributed by atoms with van der Waals surface area (Å²) in [6.45, 7) is 4.71. The minimum absolute atomic E-state index is 0.00645. The topological polar surface area (TPSA) is 94.8 Å². The number of halogens is 1. The highest BCUT2D eigenvalue weighted by Gasteiger charge is 2.76. The van der Waals surface area contributed by atoms with Crippen LogP contribution in [0.15, 0.2) is 0 Å². The normalized spacial score (nSPS) is 56.0. The van der Waals surface area contributed by atoms with Crippen LogP contribution in [0.25, 0.3) is 0 Å². The monoisotopic (exact) mass is 396 g/mol. The maximum Gasteiger partial charge on any atom is 0.190 e. The van der Waals surface area contributed by atoms with Gasteiger partial charge in [-0.25, -0.2) is 4.39 Å². The Bertz CT molecular complexity index is 711. The van der Waals surface area contributed by atoms with Crippen LogP contribution in [0.2, 0.25) is 0 Å². The highest BCUT2D eigenvalue weighted by molar-refractivity contribution is 5.90. The van der Waals surface area contributed by atoms with E-state index in [-0.39, 0.29) is 24.0 Å². The molecule has 4 aliphatic carbocycles. The van der Waals surface area contributed by atoms with Gasteiger partial charge < -0.3 is 15.3 Å². The largest absolute Gasteiger partial charge is 0.390 e. The predicted octanol–water partition coefficient (Wildman–Crippen LogP) is 2.20. The molecule has 158 valence electrons. The molecule has 9 atom stereocenters. The zero-order valence-corrected chi connectivity index (χ0v) is 17.1. The van der Waals surface area contributed by atoms with E-state index >= 15 is 4.39 Å². The van der Waals surface area contributed by atoms with E-state index in [1.54, 1.807) is 13.8 Å². The van der Waals surface area contributed by atoms with E-state index in [0.717, 1.165) is 6.42 Å². The smallest absolute Gasteiger partial charge is 0.190 e. The molecule has 5 nitrogen and oxygen atoms in total. The molecular formula is C22H33FO5. The molecule has 6 heteroatoms. The molecule has 28 heavy (non-hydrogen) atoms. The van der Waals surface area contributed by atoms with Gasteiger partial charge in [0.25, 0.3) is 0 Å². The van der Waals surface area contributed by atoms with Crippen LogP contribution in [0.4, 0.5) is 4.39 Å². The number of carbonyl (C=O) groups is 2. The minimum Gasteiger partial charge on any atom is -0.390 e. The molecule has 0 spiro atoms. The first-order valence-electron chi connectivity index (χ1n) is 10.7. The molecule has 4 rings (SSSR count). The summed E-state index contributed by atoms with van der Waals surface area (Å²) < 4.78 is 17.0. The fraction of sp³-hybridized carbons (Fsp3) is 0.909. The Balaban J connectivity index is 1.79. The van der Waals surface area contributed by atoms with Gasteiger partial charge in [0.15, 0.2) is 5.78 Å². The van der Waals surface area contributed by atoms with Gasteiger partial charge in [0.05, 0.1) is 6.10 Å². The van der Waals surface area contributed by atoms with Gasteiger partial charge in [-0.3, -0.25) is 9.59 Å². The average molecular weight is 396 g/mol. The summed E-state index contributed by atoms with van der Waals surface area (Å²) in [7, 11) is 0. The average Bonchev–Trinajstić information content (AvgIpc) is 2.84. The van der Waals surface area contributed by atoms with E-state index < -0.39 is 52.4 Å². The van der Waals surface area contributed by atoms with Crippen LogP contribution in [-0.2, 0) is 9.59 Å². The van der Waals surface area contributed by atoms with Crippen LogP contribution in [0.1, 0.15) is 65.7 Å². The van der Waals surface area contributed by atoms with Gasteiger partial charge in [-0.1, -0.05) is 20.8 Å². The Hall–Kier alpha value is -0.850. The highest BCUT2D eigenvalue weighted by atomic mass is 19.1. The van der Waals surface area contributed by atoms with Crippen LogP contribution in [0.5, 0.6) is 0 Å². The summed E-state index contributed by atoms with van der Waals surface area (Å²) in [6, 6.07) is 0. The van der Waals surface area contributed by atoms with Crippen LogP contribution < -0.4 is 0 Å². The second kappa shape index (κ2) is 6.08. The number of alkyl halides is 1. The number of fused-ring (bicyclic) bond motifs is 5. The van der Waals surface area contributed by atoms with Crippen molar-refractivity contribution in [2.45, 2.75) is 83.1 Å². The van der Waals surface area contributed by atoms with Crippen molar-refractivity contribution in [2.75, 3.05) is 6.61 Å². The third-order valence-electron chi connectivity index (χ3n) is 9.71. The molecule has 4 saturated carbocycles. The van der Waals surface area contributed by atoms with Gasteiger partial charge in [-0.05, 0) is 55.8 Å². The number of rotatable bonds is 2. The SMILES string of the molecule is C[C@H]1CC2C3CCC4CC(=O)CC[C@]4(C)[C@@]3(F)[C@@H](O)C[C@]2(C)[C@@]1(O)C(=O)CO. The second-order valence-corrected chi connectivity index (χ2v) is 10.5. The number of carbonyl (C=O) groups excluding carboxylic acids is 2. The Morgan fingerprint density at radius 2 is 1.89 bits per heavy atom. The van der Waals surface area contributed by atoms with Crippen molar-refractivity contribution >= 4 is 11.6 Å². The van der Waals surface area contributed by atoms with E-state index in [2.05, 4.69) is 0 Å². The molecule has 3 unspecified atom stereocenters. The lowest BCUT2D eigenvalue weighted by molar-refractivity contribution is -0.254. The van der Waals surface area contributed by atoms with E-state index in [9.17, 15) is 24.9 Å². The molecule has 0 aliphatic heterocycles. The fourth-order valence-electron chi connectivity index (χ4n) is 8.10. The van der Waals surface area contributed by atoms with E-state index in [4.69, 9.17) is 0 Å². The lowest BCUT2D eigenvalue weighted by atomic mass is 9.42. The molecule has 3 N–H and O–H groups in total. The van der Waals surface area contributed by atoms with E-state index in [1.807, 2.05) is 6.92 Å². The van der Waals surface area contributed by atoms with Crippen molar-refractivity contribution in [3.8, 4) is 0 Å². The molecular weight excluding hydrogens is 363 g/mol. The van der Waals surface area contributed by atoms with Crippen molar-refractivity contribution in [1.82, 2.24) is 0 Å². The zero-order chi connectivity index (χ0) is 20.7. The summed E-state index contributed by atoms with van der Waals surface area (Å²) in [5.74, 6) is -1.63. The van der Waals surface area contributed by atoms with Crippen molar-refractivity contribution in [2.24, 2.45) is 34.5 Å². The number of hydrogen-bond acceptors (Lipinski definition) is 5. The number of ketones is 2. The molecule has 0 saturated heterocycles. The van der Waals surface area contributed by atoms with Crippen LogP contribution >= 0.6 is 0 Å². The zero-order valence-electron chi connectivity index (χ0n) is 17.1. The lowest BCUT2D eigenvalue weighted by Gasteiger charge is -2.65. The molecule has 0 heterocycles. The molecule has 0 aromatic rings. The van der Waals surface area contributed by atoms with Gasteiger partial charge in [0.2, 0.25) is 0 Å². The summed E-state index contributed by atoms with van der Waals surface area (Å²) >= 11 is 0. The molecule has 0 amide bonds. The van der Waals surface area contributed by atoms with E-state index in [1.165, 1.54) is 0 Å². The molecule has 4 aliphatic rings. The number of hydrogen-bond donors (Lipinski definition) is 3. The van der Waals surface area contributed by atoms with E-state index in [0.29, 0.717) is 32.1 Å². The maximum atomic E-state index is 17.0. The predicted molar refractivity (Wildman–Crippen MR) is 100 cm³/mol. The summed E-state index contributed by atoms with van der Waals surface area (Å²) in [5.41, 5.74) is -5.32. The van der Waals surface area contributed by atoms with Crippen molar-refractivity contribution in [3.63, 3.8) is 0 Å². The molecule has 4 fully saturated rings. The van der Waals surface area contributed by atoms with Gasteiger partial charge in [0, 0.05) is 23.7 Å². The van der Waals surface area contributed by atoms with Crippen molar-refractivity contribution < 1.29 is 29.3 Å². The first-order chi connectivity index (χ1) is 13.0. The first-order valence-corrected chi connectivity index (χ1v) is 10.7. The van der Waals surface area contributed by atoms with Crippen LogP contribution in [0, 0.1) is 34.5 Å². The highest BCUT2D eigenvalue weighted by Crippen LogP contribution is 2.71. The van der Waals surface area contributed by atoms with Crippen molar-refractivity contribution in [1.29, 1.82) is 0 Å². The fourth-order valence-corrected chi connectivity index (χ4v) is 8.10. The Kier molecular flexibility index (Phi) is 4.44. The quantitative estimate of drug-likeness (QED) is 0.665. The van der Waals surface area contributed by atoms with Gasteiger partial charge in [-0.15, -0.1) is 0 Å². The summed E-state index contributed by atoms with van der Waals surface area (Å²) in [4.78, 5) is 24.6. The molecule has 0 radical (unpaired) electrons. The summed E-state index contributed by atoms with van der Waals surface area (Å²) in [6.07, 6.45) is 1.66. The maximum absolute atomic E-state index is 17.0. The van der Waals surface area contributed by atoms with Gasteiger partial charge in [-0.2, -0.15) is 0 Å². The third kappa shape index (κ3) is 2.12. The minimum atomic E-state index is -1.83. The Morgan fingerprint density at radius 1 is 1.21 bits per heavy atom. The molecule has 0 aromatic carbocycles. The Labute approximate surface area is 165 Å². The number of aliphatic hydroxyl groups is 3. The van der Waals surface area contributed by atoms with Crippen molar-refractivity contribution in [3.05, 3.63) is 0 Å². The third-order valence-corrected chi connectivity index (χ3v) is 9.71. The van der Waals surface area contributed by atoms with Gasteiger partial charge >= 0.3 is 0 Å².